The molecular formula is C22H26N4O2. The number of anilines is 1. The SMILES string of the molecule is O=C(Nc1cccc(C(=O)N2CCCN(C3CCC3)CC2)c1)c1cccnc1. The first kappa shape index (κ1) is 18.6. The van der Waals surface area contributed by atoms with Crippen LogP contribution in [0.4, 0.5) is 5.69 Å². The summed E-state index contributed by atoms with van der Waals surface area (Å²) in [6.07, 6.45) is 8.10. The van der Waals surface area contributed by atoms with Gasteiger partial charge in [-0.25, -0.2) is 0 Å². The Balaban J connectivity index is 1.40. The number of benzene rings is 1. The van der Waals surface area contributed by atoms with Crippen molar-refractivity contribution in [3.63, 3.8) is 0 Å². The number of hydrogen-bond acceptors (Lipinski definition) is 4. The van der Waals surface area contributed by atoms with Gasteiger partial charge in [0.15, 0.2) is 0 Å². The second kappa shape index (κ2) is 8.52. The topological polar surface area (TPSA) is 65.5 Å². The van der Waals surface area contributed by atoms with Gasteiger partial charge in [-0.1, -0.05) is 12.5 Å². The number of hydrogen-bond donors (Lipinski definition) is 1. The van der Waals surface area contributed by atoms with E-state index in [1.165, 1.54) is 25.5 Å². The van der Waals surface area contributed by atoms with E-state index in [9.17, 15) is 9.59 Å². The molecule has 146 valence electrons. The van der Waals surface area contributed by atoms with Crippen molar-refractivity contribution in [3.05, 3.63) is 59.9 Å². The highest BCUT2D eigenvalue weighted by atomic mass is 16.2. The van der Waals surface area contributed by atoms with Gasteiger partial charge >= 0.3 is 0 Å². The summed E-state index contributed by atoms with van der Waals surface area (Å²) in [5.41, 5.74) is 1.72. The maximum Gasteiger partial charge on any atom is 0.257 e. The van der Waals surface area contributed by atoms with Crippen molar-refractivity contribution in [2.45, 2.75) is 31.7 Å². The van der Waals surface area contributed by atoms with Gasteiger partial charge in [-0.2, -0.15) is 0 Å². The van der Waals surface area contributed by atoms with E-state index in [1.807, 2.05) is 17.0 Å². The summed E-state index contributed by atoms with van der Waals surface area (Å²) in [5.74, 6) is -0.198. The van der Waals surface area contributed by atoms with Crippen molar-refractivity contribution in [1.82, 2.24) is 14.8 Å². The molecule has 6 heteroatoms. The van der Waals surface area contributed by atoms with Gasteiger partial charge in [0, 0.05) is 55.9 Å². The molecule has 2 fully saturated rings. The van der Waals surface area contributed by atoms with E-state index in [4.69, 9.17) is 0 Å². The lowest BCUT2D eigenvalue weighted by Gasteiger charge is -2.36. The minimum absolute atomic E-state index is 0.0351. The van der Waals surface area contributed by atoms with Gasteiger partial charge in [0.1, 0.15) is 0 Å². The van der Waals surface area contributed by atoms with Crippen molar-refractivity contribution >= 4 is 17.5 Å². The number of amides is 2. The third-order valence-corrected chi connectivity index (χ3v) is 5.70. The van der Waals surface area contributed by atoms with Crippen molar-refractivity contribution in [3.8, 4) is 0 Å². The first-order chi connectivity index (χ1) is 13.7. The van der Waals surface area contributed by atoms with Crippen LogP contribution in [0.15, 0.2) is 48.8 Å². The fraction of sp³-hybridized carbons (Fsp3) is 0.409. The molecule has 4 rings (SSSR count). The molecule has 1 aliphatic heterocycles. The lowest BCUT2D eigenvalue weighted by atomic mass is 9.91. The average molecular weight is 378 g/mol. The summed E-state index contributed by atoms with van der Waals surface area (Å²) < 4.78 is 0. The Morgan fingerprint density at radius 2 is 1.82 bits per heavy atom. The van der Waals surface area contributed by atoms with Gasteiger partial charge in [-0.3, -0.25) is 19.5 Å². The van der Waals surface area contributed by atoms with Crippen molar-refractivity contribution in [2.75, 3.05) is 31.5 Å². The summed E-state index contributed by atoms with van der Waals surface area (Å²) in [7, 11) is 0. The molecule has 1 N–H and O–H groups in total. The zero-order valence-corrected chi connectivity index (χ0v) is 16.0. The Hall–Kier alpha value is -2.73. The van der Waals surface area contributed by atoms with E-state index >= 15 is 0 Å². The van der Waals surface area contributed by atoms with Gasteiger partial charge in [0.05, 0.1) is 5.56 Å². The molecule has 2 heterocycles. The maximum absolute atomic E-state index is 13.0. The molecule has 0 radical (unpaired) electrons. The number of pyridine rings is 1. The molecular weight excluding hydrogens is 352 g/mol. The van der Waals surface area contributed by atoms with Gasteiger partial charge in [-0.05, 0) is 49.6 Å². The van der Waals surface area contributed by atoms with E-state index in [0.29, 0.717) is 16.8 Å². The van der Waals surface area contributed by atoms with Crippen LogP contribution in [0.3, 0.4) is 0 Å². The average Bonchev–Trinajstić information content (AvgIpc) is 2.93. The molecule has 1 saturated heterocycles. The number of rotatable bonds is 4. The Morgan fingerprint density at radius 3 is 2.57 bits per heavy atom. The van der Waals surface area contributed by atoms with Gasteiger partial charge in [0.25, 0.3) is 11.8 Å². The standard InChI is InChI=1S/C22H26N4O2/c27-21(18-6-3-10-23-16-18)24-19-7-1-5-17(15-19)22(28)26-12-4-11-25(13-14-26)20-8-2-9-20/h1,3,5-7,10,15-16,20H,2,4,8-9,11-14H2,(H,24,27). The zero-order valence-electron chi connectivity index (χ0n) is 16.0. The normalized spacial score (nSPS) is 18.2. The van der Waals surface area contributed by atoms with Crippen LogP contribution in [-0.2, 0) is 0 Å². The Kier molecular flexibility index (Phi) is 5.67. The Morgan fingerprint density at radius 1 is 0.964 bits per heavy atom. The lowest BCUT2D eigenvalue weighted by molar-refractivity contribution is 0.0749. The molecule has 1 aromatic carbocycles. The molecule has 1 aliphatic carbocycles. The third-order valence-electron chi connectivity index (χ3n) is 5.70. The highest BCUT2D eigenvalue weighted by molar-refractivity contribution is 6.04. The first-order valence-electron chi connectivity index (χ1n) is 10.1. The second-order valence-electron chi connectivity index (χ2n) is 7.54. The zero-order chi connectivity index (χ0) is 19.3. The Bertz CT molecular complexity index is 835. The maximum atomic E-state index is 13.0. The lowest BCUT2D eigenvalue weighted by Crippen LogP contribution is -2.42. The largest absolute Gasteiger partial charge is 0.337 e. The summed E-state index contributed by atoms with van der Waals surface area (Å²) in [4.78, 5) is 33.8. The number of nitrogens with one attached hydrogen (secondary N) is 1. The van der Waals surface area contributed by atoms with Crippen LogP contribution in [0.25, 0.3) is 0 Å². The number of aromatic nitrogens is 1. The number of nitrogens with zero attached hydrogens (tertiary/aromatic N) is 3. The molecule has 2 aliphatic rings. The fourth-order valence-electron chi connectivity index (χ4n) is 3.87. The van der Waals surface area contributed by atoms with Gasteiger partial charge in [0.2, 0.25) is 0 Å². The molecule has 6 nitrogen and oxygen atoms in total. The van der Waals surface area contributed by atoms with Crippen LogP contribution in [0.2, 0.25) is 0 Å². The number of carbonyl (C=O) groups excluding carboxylic acids is 2. The van der Waals surface area contributed by atoms with Crippen LogP contribution < -0.4 is 5.32 Å². The summed E-state index contributed by atoms with van der Waals surface area (Å²) in [6.45, 7) is 3.58. The number of carbonyl (C=O) groups is 2. The summed E-state index contributed by atoms with van der Waals surface area (Å²) in [5, 5.41) is 2.85. The minimum Gasteiger partial charge on any atom is -0.337 e. The molecule has 0 bridgehead atoms. The van der Waals surface area contributed by atoms with E-state index in [2.05, 4.69) is 15.2 Å². The highest BCUT2D eigenvalue weighted by Crippen LogP contribution is 2.26. The van der Waals surface area contributed by atoms with Crippen LogP contribution in [-0.4, -0.2) is 58.8 Å². The van der Waals surface area contributed by atoms with Crippen LogP contribution in [0.1, 0.15) is 46.4 Å². The summed E-state index contributed by atoms with van der Waals surface area (Å²) >= 11 is 0. The van der Waals surface area contributed by atoms with Crippen LogP contribution in [0.5, 0.6) is 0 Å². The van der Waals surface area contributed by atoms with E-state index in [0.717, 1.165) is 38.6 Å². The predicted octanol–water partition coefficient (Wildman–Crippen LogP) is 3.03. The summed E-state index contributed by atoms with van der Waals surface area (Å²) in [6, 6.07) is 11.3. The molecule has 0 unspecified atom stereocenters. The van der Waals surface area contributed by atoms with E-state index in [1.54, 1.807) is 30.5 Å². The van der Waals surface area contributed by atoms with Crippen molar-refractivity contribution in [1.29, 1.82) is 0 Å². The molecule has 1 aromatic heterocycles. The predicted molar refractivity (Wildman–Crippen MR) is 108 cm³/mol. The molecule has 1 saturated carbocycles. The molecule has 0 atom stereocenters. The van der Waals surface area contributed by atoms with Crippen molar-refractivity contribution < 1.29 is 9.59 Å². The van der Waals surface area contributed by atoms with Crippen LogP contribution in [0, 0.1) is 0 Å². The monoisotopic (exact) mass is 378 g/mol. The molecule has 0 spiro atoms. The third kappa shape index (κ3) is 4.22. The van der Waals surface area contributed by atoms with Crippen LogP contribution >= 0.6 is 0 Å². The molecule has 2 amide bonds. The smallest absolute Gasteiger partial charge is 0.257 e. The van der Waals surface area contributed by atoms with Crippen molar-refractivity contribution in [2.24, 2.45) is 0 Å². The molecule has 28 heavy (non-hydrogen) atoms. The Labute approximate surface area is 165 Å². The van der Waals surface area contributed by atoms with Gasteiger partial charge < -0.3 is 10.2 Å². The first-order valence-corrected chi connectivity index (χ1v) is 10.1. The van der Waals surface area contributed by atoms with E-state index < -0.39 is 0 Å². The second-order valence-corrected chi connectivity index (χ2v) is 7.54. The fourth-order valence-corrected chi connectivity index (χ4v) is 3.87. The highest BCUT2D eigenvalue weighted by Gasteiger charge is 2.28. The van der Waals surface area contributed by atoms with E-state index in [-0.39, 0.29) is 11.8 Å². The van der Waals surface area contributed by atoms with Gasteiger partial charge in [-0.15, -0.1) is 0 Å². The quantitative estimate of drug-likeness (QED) is 0.888. The molecule has 2 aromatic rings. The minimum atomic E-state index is -0.233.